The van der Waals surface area contributed by atoms with Crippen molar-refractivity contribution in [3.05, 3.63) is 53.6 Å². The SMILES string of the molecule is CC(=O)c1cc(Br)cc([N+](=O)[O-])c1OCc1ccc(Cl)s1. The predicted octanol–water partition coefficient (Wildman–Crippen LogP) is 4.85. The molecule has 0 radical (unpaired) electrons. The van der Waals surface area contributed by atoms with Crippen molar-refractivity contribution in [1.82, 2.24) is 0 Å². The van der Waals surface area contributed by atoms with Gasteiger partial charge >= 0.3 is 5.69 Å². The summed E-state index contributed by atoms with van der Waals surface area (Å²) in [6.45, 7) is 1.44. The van der Waals surface area contributed by atoms with Crippen molar-refractivity contribution in [3.63, 3.8) is 0 Å². The van der Waals surface area contributed by atoms with Crippen LogP contribution in [0.3, 0.4) is 0 Å². The summed E-state index contributed by atoms with van der Waals surface area (Å²) in [6, 6.07) is 6.30. The van der Waals surface area contributed by atoms with E-state index in [4.69, 9.17) is 16.3 Å². The first-order chi connectivity index (χ1) is 9.88. The van der Waals surface area contributed by atoms with Gasteiger partial charge in [0.1, 0.15) is 6.61 Å². The van der Waals surface area contributed by atoms with Gasteiger partial charge in [-0.2, -0.15) is 0 Å². The largest absolute Gasteiger partial charge is 0.481 e. The molecule has 21 heavy (non-hydrogen) atoms. The van der Waals surface area contributed by atoms with Gasteiger partial charge in [-0.1, -0.05) is 27.5 Å². The van der Waals surface area contributed by atoms with Crippen LogP contribution in [0, 0.1) is 10.1 Å². The van der Waals surface area contributed by atoms with E-state index in [1.807, 2.05) is 0 Å². The Morgan fingerprint density at radius 2 is 2.19 bits per heavy atom. The second kappa shape index (κ2) is 6.55. The summed E-state index contributed by atoms with van der Waals surface area (Å²) in [5.74, 6) is -0.334. The number of rotatable bonds is 5. The molecule has 8 heteroatoms. The van der Waals surface area contributed by atoms with Crippen molar-refractivity contribution in [1.29, 1.82) is 0 Å². The second-order valence-electron chi connectivity index (χ2n) is 4.11. The van der Waals surface area contributed by atoms with Crippen LogP contribution in [0.2, 0.25) is 4.34 Å². The number of nitrogens with zero attached hydrogens (tertiary/aromatic N) is 1. The van der Waals surface area contributed by atoms with Crippen LogP contribution in [-0.4, -0.2) is 10.7 Å². The van der Waals surface area contributed by atoms with Crippen LogP contribution < -0.4 is 4.74 Å². The minimum atomic E-state index is -0.575. The first kappa shape index (κ1) is 15.9. The highest BCUT2D eigenvalue weighted by Crippen LogP contribution is 2.36. The van der Waals surface area contributed by atoms with Crippen molar-refractivity contribution in [2.24, 2.45) is 0 Å². The lowest BCUT2D eigenvalue weighted by molar-refractivity contribution is -0.386. The minimum Gasteiger partial charge on any atom is -0.481 e. The molecule has 0 saturated carbocycles. The van der Waals surface area contributed by atoms with Gasteiger partial charge in [-0.15, -0.1) is 11.3 Å². The monoisotopic (exact) mass is 389 g/mol. The maximum Gasteiger partial charge on any atom is 0.312 e. The van der Waals surface area contributed by atoms with Gasteiger partial charge in [0.25, 0.3) is 0 Å². The average molecular weight is 391 g/mol. The summed E-state index contributed by atoms with van der Waals surface area (Å²) >= 11 is 10.3. The van der Waals surface area contributed by atoms with Crippen molar-refractivity contribution >= 4 is 50.3 Å². The molecule has 0 saturated heterocycles. The zero-order valence-corrected chi connectivity index (χ0v) is 13.9. The number of nitro benzene ring substituents is 1. The zero-order valence-electron chi connectivity index (χ0n) is 10.8. The van der Waals surface area contributed by atoms with E-state index in [1.54, 1.807) is 12.1 Å². The van der Waals surface area contributed by atoms with Crippen LogP contribution in [0.25, 0.3) is 0 Å². The fourth-order valence-corrected chi connectivity index (χ4v) is 3.15. The quantitative estimate of drug-likeness (QED) is 0.415. The third kappa shape index (κ3) is 3.81. The average Bonchev–Trinajstić information content (AvgIpc) is 2.81. The van der Waals surface area contributed by atoms with E-state index >= 15 is 0 Å². The number of benzene rings is 1. The number of ether oxygens (including phenoxy) is 1. The summed E-state index contributed by atoms with van der Waals surface area (Å²) in [6.07, 6.45) is 0. The molecule has 0 bridgehead atoms. The molecule has 0 aliphatic rings. The Labute approximate surface area is 137 Å². The fraction of sp³-hybridized carbons (Fsp3) is 0.154. The Morgan fingerprint density at radius 1 is 1.48 bits per heavy atom. The molecule has 1 aromatic carbocycles. The van der Waals surface area contributed by atoms with Crippen molar-refractivity contribution in [3.8, 4) is 5.75 Å². The van der Waals surface area contributed by atoms with Crippen molar-refractivity contribution < 1.29 is 14.5 Å². The molecule has 1 aromatic heterocycles. The van der Waals surface area contributed by atoms with E-state index in [1.165, 1.54) is 30.4 Å². The summed E-state index contributed by atoms with van der Waals surface area (Å²) in [5, 5.41) is 11.1. The van der Waals surface area contributed by atoms with Crippen molar-refractivity contribution in [2.75, 3.05) is 0 Å². The van der Waals surface area contributed by atoms with Gasteiger partial charge in [0.05, 0.1) is 14.8 Å². The molecule has 0 unspecified atom stereocenters. The number of halogens is 2. The Kier molecular flexibility index (Phi) is 4.97. The number of carbonyl (C=O) groups excluding carboxylic acids is 1. The topological polar surface area (TPSA) is 69.4 Å². The van der Waals surface area contributed by atoms with Crippen LogP contribution in [0.15, 0.2) is 28.7 Å². The van der Waals surface area contributed by atoms with E-state index in [9.17, 15) is 14.9 Å². The Hall–Kier alpha value is -1.44. The van der Waals surface area contributed by atoms with Gasteiger partial charge in [-0.05, 0) is 25.1 Å². The number of hydrogen-bond acceptors (Lipinski definition) is 5. The molecule has 110 valence electrons. The molecule has 0 fully saturated rings. The molecule has 0 atom stereocenters. The van der Waals surface area contributed by atoms with Gasteiger partial charge in [-0.3, -0.25) is 14.9 Å². The van der Waals surface area contributed by atoms with Gasteiger partial charge in [0.2, 0.25) is 5.75 Å². The number of ketones is 1. The lowest BCUT2D eigenvalue weighted by Crippen LogP contribution is -2.04. The summed E-state index contributed by atoms with van der Waals surface area (Å²) < 4.78 is 6.57. The lowest BCUT2D eigenvalue weighted by Gasteiger charge is -2.10. The Bertz CT molecular complexity index is 681. The molecular formula is C13H9BrClNO4S. The highest BCUT2D eigenvalue weighted by atomic mass is 79.9. The predicted molar refractivity (Wildman–Crippen MR) is 84.5 cm³/mol. The van der Waals surface area contributed by atoms with Crippen molar-refractivity contribution in [2.45, 2.75) is 13.5 Å². The van der Waals surface area contributed by atoms with E-state index < -0.39 is 4.92 Å². The molecule has 0 aliphatic heterocycles. The molecular weight excluding hydrogens is 382 g/mol. The first-order valence-electron chi connectivity index (χ1n) is 5.74. The maximum atomic E-state index is 11.7. The highest BCUT2D eigenvalue weighted by Gasteiger charge is 2.23. The molecule has 2 rings (SSSR count). The molecule has 2 aromatic rings. The smallest absolute Gasteiger partial charge is 0.312 e. The first-order valence-corrected chi connectivity index (χ1v) is 7.73. The number of carbonyl (C=O) groups is 1. The third-order valence-corrected chi connectivity index (χ3v) is 4.26. The van der Waals surface area contributed by atoms with E-state index in [0.717, 1.165) is 4.88 Å². The fourth-order valence-electron chi connectivity index (χ4n) is 1.70. The van der Waals surface area contributed by atoms with Gasteiger partial charge < -0.3 is 4.74 Å². The van der Waals surface area contributed by atoms with Crippen LogP contribution in [0.4, 0.5) is 5.69 Å². The molecule has 0 spiro atoms. The molecule has 0 aliphatic carbocycles. The second-order valence-corrected chi connectivity index (χ2v) is 6.82. The lowest BCUT2D eigenvalue weighted by atomic mass is 10.1. The number of hydrogen-bond donors (Lipinski definition) is 0. The molecule has 0 N–H and O–H groups in total. The maximum absolute atomic E-state index is 11.7. The van der Waals surface area contributed by atoms with Gasteiger partial charge in [0, 0.05) is 15.4 Å². The summed E-state index contributed by atoms with van der Waals surface area (Å²) in [7, 11) is 0. The summed E-state index contributed by atoms with van der Waals surface area (Å²) in [4.78, 5) is 23.0. The van der Waals surface area contributed by atoms with E-state index in [2.05, 4.69) is 15.9 Å². The Balaban J connectivity index is 2.39. The minimum absolute atomic E-state index is 0.0276. The van der Waals surface area contributed by atoms with E-state index in [0.29, 0.717) is 8.81 Å². The molecule has 5 nitrogen and oxygen atoms in total. The number of nitro groups is 1. The van der Waals surface area contributed by atoms with E-state index in [-0.39, 0.29) is 29.4 Å². The number of Topliss-reactive ketones (excluding diaryl/α,β-unsaturated/α-hetero) is 1. The van der Waals surface area contributed by atoms with Crippen LogP contribution >= 0.6 is 38.9 Å². The van der Waals surface area contributed by atoms with Crippen LogP contribution in [0.1, 0.15) is 22.2 Å². The molecule has 1 heterocycles. The third-order valence-electron chi connectivity index (χ3n) is 2.60. The highest BCUT2D eigenvalue weighted by molar-refractivity contribution is 9.10. The van der Waals surface area contributed by atoms with Crippen LogP contribution in [0.5, 0.6) is 5.75 Å². The van der Waals surface area contributed by atoms with Gasteiger partial charge in [-0.25, -0.2) is 0 Å². The standard InChI is InChI=1S/C13H9BrClNO4S/c1-7(17)10-4-8(14)5-11(16(18)19)13(10)20-6-9-2-3-12(15)21-9/h2-5H,6H2,1H3. The van der Waals surface area contributed by atoms with Crippen LogP contribution in [-0.2, 0) is 6.61 Å². The van der Waals surface area contributed by atoms with Gasteiger partial charge in [0.15, 0.2) is 5.78 Å². The zero-order chi connectivity index (χ0) is 15.6. The molecule has 0 amide bonds. The normalized spacial score (nSPS) is 10.4. The Morgan fingerprint density at radius 3 is 2.71 bits per heavy atom. The summed E-state index contributed by atoms with van der Waals surface area (Å²) in [5.41, 5.74) is -0.0871. The number of thiophene rings is 1.